The highest BCUT2D eigenvalue weighted by atomic mass is 127. The number of benzene rings is 1. The Balaban J connectivity index is 0.00000300. The van der Waals surface area contributed by atoms with Crippen molar-refractivity contribution in [1.82, 2.24) is 15.5 Å². The largest absolute Gasteiger partial charge is 0.379 e. The fourth-order valence-electron chi connectivity index (χ4n) is 3.97. The number of guanidine groups is 1. The van der Waals surface area contributed by atoms with E-state index in [4.69, 9.17) is 14.5 Å². The van der Waals surface area contributed by atoms with E-state index in [-0.39, 0.29) is 29.6 Å². The van der Waals surface area contributed by atoms with Crippen molar-refractivity contribution in [2.24, 2.45) is 4.99 Å². The number of aliphatic imine (C=N–C) groups is 1. The third kappa shape index (κ3) is 7.38. The Morgan fingerprint density at radius 2 is 2.03 bits per heavy atom. The van der Waals surface area contributed by atoms with Crippen LogP contribution in [0, 0.1) is 6.92 Å². The molecule has 2 aliphatic heterocycles. The van der Waals surface area contributed by atoms with Gasteiger partial charge in [-0.05, 0) is 39.2 Å². The number of ether oxygens (including phenoxy) is 2. The Hall–Kier alpha value is -0.900. The topological polar surface area (TPSA) is 58.1 Å². The quantitative estimate of drug-likeness (QED) is 0.332. The predicted molar refractivity (Wildman–Crippen MR) is 129 cm³/mol. The Kier molecular flexibility index (Phi) is 10.1. The van der Waals surface area contributed by atoms with E-state index in [0.29, 0.717) is 12.6 Å². The van der Waals surface area contributed by atoms with Crippen molar-refractivity contribution in [3.05, 3.63) is 35.4 Å². The van der Waals surface area contributed by atoms with Crippen LogP contribution in [0.3, 0.4) is 0 Å². The van der Waals surface area contributed by atoms with Gasteiger partial charge < -0.3 is 20.1 Å². The molecule has 164 valence electrons. The molecule has 29 heavy (non-hydrogen) atoms. The van der Waals surface area contributed by atoms with E-state index in [0.717, 1.165) is 64.8 Å². The molecule has 2 saturated heterocycles. The second-order valence-electron chi connectivity index (χ2n) is 8.06. The molecular formula is C22H37IN4O2. The first-order valence-corrected chi connectivity index (χ1v) is 10.6. The number of nitrogens with one attached hydrogen (secondary N) is 2. The van der Waals surface area contributed by atoms with Crippen molar-refractivity contribution in [3.63, 3.8) is 0 Å². The number of morpholine rings is 1. The molecule has 2 aliphatic rings. The second-order valence-corrected chi connectivity index (χ2v) is 8.06. The molecule has 1 aromatic rings. The molecule has 6 nitrogen and oxygen atoms in total. The molecule has 0 aliphatic carbocycles. The lowest BCUT2D eigenvalue weighted by molar-refractivity contribution is 0.0169. The molecule has 0 amide bonds. The van der Waals surface area contributed by atoms with Crippen molar-refractivity contribution in [2.45, 2.75) is 45.3 Å². The van der Waals surface area contributed by atoms with Gasteiger partial charge in [-0.2, -0.15) is 0 Å². The second kappa shape index (κ2) is 12.1. The van der Waals surface area contributed by atoms with Crippen LogP contribution in [0.5, 0.6) is 0 Å². The van der Waals surface area contributed by atoms with Crippen LogP contribution in [0.4, 0.5) is 0 Å². The average molecular weight is 516 g/mol. The Bertz CT molecular complexity index is 643. The van der Waals surface area contributed by atoms with Crippen LogP contribution < -0.4 is 10.6 Å². The van der Waals surface area contributed by atoms with Crippen molar-refractivity contribution < 1.29 is 9.47 Å². The van der Waals surface area contributed by atoms with E-state index >= 15 is 0 Å². The van der Waals surface area contributed by atoms with E-state index in [2.05, 4.69) is 60.6 Å². The van der Waals surface area contributed by atoms with Crippen molar-refractivity contribution in [2.75, 3.05) is 52.5 Å². The molecule has 2 heterocycles. The van der Waals surface area contributed by atoms with Crippen LogP contribution in [0.25, 0.3) is 0 Å². The fourth-order valence-corrected chi connectivity index (χ4v) is 3.97. The van der Waals surface area contributed by atoms with Gasteiger partial charge in [-0.3, -0.25) is 9.89 Å². The smallest absolute Gasteiger partial charge is 0.191 e. The van der Waals surface area contributed by atoms with Crippen LogP contribution in [0.2, 0.25) is 0 Å². The summed E-state index contributed by atoms with van der Waals surface area (Å²) in [6.45, 7) is 13.1. The molecule has 2 atom stereocenters. The van der Waals surface area contributed by atoms with Crippen LogP contribution >= 0.6 is 24.0 Å². The van der Waals surface area contributed by atoms with Gasteiger partial charge in [0.25, 0.3) is 0 Å². The van der Waals surface area contributed by atoms with Gasteiger partial charge in [-0.25, -0.2) is 0 Å². The zero-order valence-corrected chi connectivity index (χ0v) is 20.4. The first kappa shape index (κ1) is 24.4. The summed E-state index contributed by atoms with van der Waals surface area (Å²) in [4.78, 5) is 7.33. The SMILES string of the molecule is CCNC(=NCC1(C)CCCO1)NCC(c1cccc(C)c1)N1CCOCC1.I. The minimum Gasteiger partial charge on any atom is -0.379 e. The molecule has 0 saturated carbocycles. The summed E-state index contributed by atoms with van der Waals surface area (Å²) in [7, 11) is 0. The van der Waals surface area contributed by atoms with Crippen molar-refractivity contribution in [3.8, 4) is 0 Å². The number of nitrogens with zero attached hydrogens (tertiary/aromatic N) is 2. The Morgan fingerprint density at radius 3 is 2.69 bits per heavy atom. The number of hydrogen-bond acceptors (Lipinski definition) is 4. The molecule has 0 spiro atoms. The fraction of sp³-hybridized carbons (Fsp3) is 0.682. The zero-order valence-electron chi connectivity index (χ0n) is 18.1. The zero-order chi connectivity index (χ0) is 19.8. The lowest BCUT2D eigenvalue weighted by Crippen LogP contribution is -2.46. The molecule has 2 fully saturated rings. The minimum absolute atomic E-state index is 0. The highest BCUT2D eigenvalue weighted by molar-refractivity contribution is 14.0. The van der Waals surface area contributed by atoms with Gasteiger partial charge in [-0.15, -0.1) is 24.0 Å². The first-order chi connectivity index (χ1) is 13.6. The van der Waals surface area contributed by atoms with Gasteiger partial charge in [0.1, 0.15) is 0 Å². The lowest BCUT2D eigenvalue weighted by Gasteiger charge is -2.35. The maximum atomic E-state index is 5.89. The normalized spacial score (nSPS) is 24.0. The summed E-state index contributed by atoms with van der Waals surface area (Å²) >= 11 is 0. The lowest BCUT2D eigenvalue weighted by atomic mass is 10.0. The van der Waals surface area contributed by atoms with E-state index in [1.807, 2.05) is 0 Å². The van der Waals surface area contributed by atoms with E-state index in [1.165, 1.54) is 11.1 Å². The van der Waals surface area contributed by atoms with Gasteiger partial charge in [0.05, 0.1) is 31.4 Å². The van der Waals surface area contributed by atoms with Crippen LogP contribution in [0.15, 0.2) is 29.3 Å². The van der Waals surface area contributed by atoms with Gasteiger partial charge in [-0.1, -0.05) is 29.8 Å². The predicted octanol–water partition coefficient (Wildman–Crippen LogP) is 3.11. The molecule has 7 heteroatoms. The van der Waals surface area contributed by atoms with Gasteiger partial charge >= 0.3 is 0 Å². The molecular weight excluding hydrogens is 479 g/mol. The van der Waals surface area contributed by atoms with Crippen LogP contribution in [0.1, 0.15) is 43.9 Å². The summed E-state index contributed by atoms with van der Waals surface area (Å²) in [6.07, 6.45) is 2.21. The van der Waals surface area contributed by atoms with Crippen molar-refractivity contribution >= 4 is 29.9 Å². The van der Waals surface area contributed by atoms with Gasteiger partial charge in [0.2, 0.25) is 0 Å². The Labute approximate surface area is 192 Å². The van der Waals surface area contributed by atoms with E-state index in [9.17, 15) is 0 Å². The van der Waals surface area contributed by atoms with Crippen LogP contribution in [-0.2, 0) is 9.47 Å². The summed E-state index contributed by atoms with van der Waals surface area (Å²) in [5.41, 5.74) is 2.52. The third-order valence-corrected chi connectivity index (χ3v) is 5.59. The molecule has 0 radical (unpaired) electrons. The maximum Gasteiger partial charge on any atom is 0.191 e. The molecule has 2 unspecified atom stereocenters. The van der Waals surface area contributed by atoms with E-state index in [1.54, 1.807) is 0 Å². The number of hydrogen-bond donors (Lipinski definition) is 2. The third-order valence-electron chi connectivity index (χ3n) is 5.59. The molecule has 3 rings (SSSR count). The average Bonchev–Trinajstić information content (AvgIpc) is 3.14. The number of aryl methyl sites for hydroxylation is 1. The summed E-state index contributed by atoms with van der Waals surface area (Å²) in [6, 6.07) is 9.12. The van der Waals surface area contributed by atoms with Gasteiger partial charge in [0, 0.05) is 32.8 Å². The summed E-state index contributed by atoms with van der Waals surface area (Å²) < 4.78 is 11.5. The Morgan fingerprint density at radius 1 is 1.24 bits per heavy atom. The molecule has 2 N–H and O–H groups in total. The summed E-state index contributed by atoms with van der Waals surface area (Å²) in [5, 5.41) is 6.96. The molecule has 0 aromatic heterocycles. The number of halogens is 1. The summed E-state index contributed by atoms with van der Waals surface area (Å²) in [5.74, 6) is 0.866. The number of rotatable bonds is 7. The van der Waals surface area contributed by atoms with Crippen LogP contribution in [-0.4, -0.2) is 69.0 Å². The standard InChI is InChI=1S/C22H36N4O2.HI/c1-4-23-21(25-17-22(3)9-6-12-28-22)24-16-20(26-10-13-27-14-11-26)19-8-5-7-18(2)15-19;/h5,7-8,15,20H,4,6,9-14,16-17H2,1-3H3,(H2,23,24,25);1H. The first-order valence-electron chi connectivity index (χ1n) is 10.6. The minimum atomic E-state index is -0.123. The molecule has 1 aromatic carbocycles. The van der Waals surface area contributed by atoms with Crippen molar-refractivity contribution in [1.29, 1.82) is 0 Å². The molecule has 0 bridgehead atoms. The highest BCUT2D eigenvalue weighted by Crippen LogP contribution is 2.25. The highest BCUT2D eigenvalue weighted by Gasteiger charge is 2.29. The van der Waals surface area contributed by atoms with Gasteiger partial charge in [0.15, 0.2) is 5.96 Å². The van der Waals surface area contributed by atoms with E-state index < -0.39 is 0 Å². The monoisotopic (exact) mass is 516 g/mol. The maximum absolute atomic E-state index is 5.89.